The Kier molecular flexibility index (Phi) is 2.37. The van der Waals surface area contributed by atoms with E-state index < -0.39 is 0 Å². The Hall–Kier alpha value is -1.24. The number of aryl methyl sites for hydroxylation is 2. The Morgan fingerprint density at radius 3 is 2.19 bits per heavy atom. The van der Waals surface area contributed by atoms with Crippen LogP contribution in [0.15, 0.2) is 18.2 Å². The summed E-state index contributed by atoms with van der Waals surface area (Å²) in [5, 5.41) is 1.40. The van der Waals surface area contributed by atoms with Gasteiger partial charge in [-0.25, -0.2) is 0 Å². The fourth-order valence-electron chi connectivity index (χ4n) is 2.55. The van der Waals surface area contributed by atoms with Crippen molar-refractivity contribution in [2.75, 3.05) is 0 Å². The molecule has 0 aliphatic carbocycles. The number of hydrogen-bond donors (Lipinski definition) is 0. The van der Waals surface area contributed by atoms with Gasteiger partial charge in [0.1, 0.15) is 0 Å². The average Bonchev–Trinajstić information content (AvgIpc) is 2.40. The molecule has 0 N–H and O–H groups in total. The third kappa shape index (κ3) is 1.55. The van der Waals surface area contributed by atoms with Crippen LogP contribution in [0, 0.1) is 20.8 Å². The second kappa shape index (κ2) is 3.38. The normalized spacial score (nSPS) is 12.4. The number of hydrogen-bond acceptors (Lipinski definition) is 0. The van der Waals surface area contributed by atoms with Crippen LogP contribution in [-0.2, 0) is 5.54 Å². The van der Waals surface area contributed by atoms with Crippen LogP contribution in [0.2, 0.25) is 0 Å². The van der Waals surface area contributed by atoms with Gasteiger partial charge in [0, 0.05) is 22.1 Å². The van der Waals surface area contributed by atoms with E-state index in [1.54, 1.807) is 0 Å². The van der Waals surface area contributed by atoms with E-state index in [1.807, 2.05) is 0 Å². The first kappa shape index (κ1) is 11.3. The number of benzene rings is 1. The fourth-order valence-corrected chi connectivity index (χ4v) is 2.55. The van der Waals surface area contributed by atoms with E-state index in [1.165, 1.54) is 27.7 Å². The summed E-state index contributed by atoms with van der Waals surface area (Å²) >= 11 is 0. The van der Waals surface area contributed by atoms with Gasteiger partial charge in [-0.05, 0) is 59.2 Å². The van der Waals surface area contributed by atoms with E-state index in [-0.39, 0.29) is 5.54 Å². The van der Waals surface area contributed by atoms with Crippen LogP contribution >= 0.6 is 0 Å². The van der Waals surface area contributed by atoms with Crippen LogP contribution in [0.3, 0.4) is 0 Å². The van der Waals surface area contributed by atoms with Gasteiger partial charge in [0.2, 0.25) is 0 Å². The summed E-state index contributed by atoms with van der Waals surface area (Å²) < 4.78 is 2.44. The maximum Gasteiger partial charge on any atom is 0.0490 e. The smallest absolute Gasteiger partial charge is 0.0490 e. The van der Waals surface area contributed by atoms with Gasteiger partial charge in [-0.3, -0.25) is 0 Å². The van der Waals surface area contributed by atoms with Crippen molar-refractivity contribution in [1.82, 2.24) is 4.57 Å². The molecule has 0 aliphatic heterocycles. The van der Waals surface area contributed by atoms with Crippen LogP contribution in [0.5, 0.6) is 0 Å². The van der Waals surface area contributed by atoms with Crippen LogP contribution in [0.1, 0.15) is 37.6 Å². The summed E-state index contributed by atoms with van der Waals surface area (Å²) in [6.45, 7) is 13.4. The molecule has 1 nitrogen and oxygen atoms in total. The van der Waals surface area contributed by atoms with E-state index >= 15 is 0 Å². The molecule has 0 unspecified atom stereocenters. The topological polar surface area (TPSA) is 4.93 Å². The Balaban J connectivity index is 2.90. The van der Waals surface area contributed by atoms with E-state index in [2.05, 4.69) is 64.3 Å². The second-order valence-corrected chi connectivity index (χ2v) is 5.74. The molecule has 0 aliphatic rings. The lowest BCUT2D eigenvalue weighted by molar-refractivity contribution is 0.402. The lowest BCUT2D eigenvalue weighted by Crippen LogP contribution is -2.22. The molecule has 0 saturated heterocycles. The van der Waals surface area contributed by atoms with Gasteiger partial charge in [-0.1, -0.05) is 11.6 Å². The highest BCUT2D eigenvalue weighted by molar-refractivity contribution is 5.86. The summed E-state index contributed by atoms with van der Waals surface area (Å²) in [5.74, 6) is 0. The van der Waals surface area contributed by atoms with Gasteiger partial charge >= 0.3 is 0 Å². The molecule has 0 amide bonds. The number of aromatic nitrogens is 1. The molecule has 2 rings (SSSR count). The number of nitrogens with zero attached hydrogens (tertiary/aromatic N) is 1. The van der Waals surface area contributed by atoms with E-state index in [9.17, 15) is 0 Å². The van der Waals surface area contributed by atoms with Crippen LogP contribution in [0.25, 0.3) is 10.9 Å². The lowest BCUT2D eigenvalue weighted by atomic mass is 10.1. The molecule has 0 atom stereocenters. The van der Waals surface area contributed by atoms with Gasteiger partial charge in [0.05, 0.1) is 0 Å². The third-order valence-corrected chi connectivity index (χ3v) is 3.35. The Bertz CT molecular complexity index is 539. The SMILES string of the molecule is Cc1ccc2c(c1)c(C)c(C)n2C(C)(C)C. The molecular weight excluding hydrogens is 194 g/mol. The molecule has 1 aromatic heterocycles. The van der Waals surface area contributed by atoms with Crippen LogP contribution in [0.4, 0.5) is 0 Å². The van der Waals surface area contributed by atoms with Crippen molar-refractivity contribution >= 4 is 10.9 Å². The van der Waals surface area contributed by atoms with Crippen molar-refractivity contribution in [3.8, 4) is 0 Å². The highest BCUT2D eigenvalue weighted by Gasteiger charge is 2.20. The minimum atomic E-state index is 0.145. The zero-order valence-corrected chi connectivity index (χ0v) is 11.2. The molecule has 1 aromatic carbocycles. The molecule has 2 aromatic rings. The van der Waals surface area contributed by atoms with Gasteiger partial charge < -0.3 is 4.57 Å². The second-order valence-electron chi connectivity index (χ2n) is 5.74. The van der Waals surface area contributed by atoms with Crippen molar-refractivity contribution in [2.24, 2.45) is 0 Å². The summed E-state index contributed by atoms with van der Waals surface area (Å²) in [6, 6.07) is 6.74. The zero-order valence-electron chi connectivity index (χ0n) is 11.2. The summed E-state index contributed by atoms with van der Waals surface area (Å²) in [7, 11) is 0. The minimum absolute atomic E-state index is 0.145. The first-order valence-corrected chi connectivity index (χ1v) is 5.91. The highest BCUT2D eigenvalue weighted by atomic mass is 15.1. The molecular formula is C15H21N. The fraction of sp³-hybridized carbons (Fsp3) is 0.467. The quantitative estimate of drug-likeness (QED) is 0.616. The molecule has 86 valence electrons. The Morgan fingerprint density at radius 2 is 1.62 bits per heavy atom. The summed E-state index contributed by atoms with van der Waals surface area (Å²) in [4.78, 5) is 0. The standard InChI is InChI=1S/C15H21N/c1-10-7-8-14-13(9-10)11(2)12(3)16(14)15(4,5)6/h7-9H,1-6H3. The van der Waals surface area contributed by atoms with Crippen molar-refractivity contribution in [3.05, 3.63) is 35.0 Å². The molecule has 1 heteroatoms. The Labute approximate surface area is 98.1 Å². The Morgan fingerprint density at radius 1 is 1.00 bits per heavy atom. The first-order valence-electron chi connectivity index (χ1n) is 5.91. The predicted octanol–water partition coefficient (Wildman–Crippen LogP) is 4.32. The summed E-state index contributed by atoms with van der Waals surface area (Å²) in [5.41, 5.74) is 5.63. The molecule has 0 radical (unpaired) electrons. The molecule has 0 bridgehead atoms. The van der Waals surface area contributed by atoms with Crippen molar-refractivity contribution in [3.63, 3.8) is 0 Å². The first-order chi connectivity index (χ1) is 7.32. The average molecular weight is 215 g/mol. The minimum Gasteiger partial charge on any atom is -0.339 e. The monoisotopic (exact) mass is 215 g/mol. The van der Waals surface area contributed by atoms with E-state index in [0.29, 0.717) is 0 Å². The molecule has 0 saturated carbocycles. The molecule has 0 fully saturated rings. The third-order valence-electron chi connectivity index (χ3n) is 3.35. The maximum atomic E-state index is 2.44. The van der Waals surface area contributed by atoms with Crippen LogP contribution < -0.4 is 0 Å². The number of fused-ring (bicyclic) bond motifs is 1. The molecule has 1 heterocycles. The summed E-state index contributed by atoms with van der Waals surface area (Å²) in [6.07, 6.45) is 0. The zero-order chi connectivity index (χ0) is 12.1. The van der Waals surface area contributed by atoms with E-state index in [4.69, 9.17) is 0 Å². The lowest BCUT2D eigenvalue weighted by Gasteiger charge is -2.25. The highest BCUT2D eigenvalue weighted by Crippen LogP contribution is 2.31. The van der Waals surface area contributed by atoms with Gasteiger partial charge in [0.15, 0.2) is 0 Å². The van der Waals surface area contributed by atoms with Crippen molar-refractivity contribution in [1.29, 1.82) is 0 Å². The number of rotatable bonds is 0. The predicted molar refractivity (Wildman–Crippen MR) is 71.1 cm³/mol. The maximum absolute atomic E-state index is 2.44. The van der Waals surface area contributed by atoms with Gasteiger partial charge in [-0.2, -0.15) is 0 Å². The van der Waals surface area contributed by atoms with Gasteiger partial charge in [0.25, 0.3) is 0 Å². The van der Waals surface area contributed by atoms with Crippen molar-refractivity contribution < 1.29 is 0 Å². The van der Waals surface area contributed by atoms with Crippen molar-refractivity contribution in [2.45, 2.75) is 47.1 Å². The largest absolute Gasteiger partial charge is 0.339 e. The van der Waals surface area contributed by atoms with Gasteiger partial charge in [-0.15, -0.1) is 0 Å². The molecule has 16 heavy (non-hydrogen) atoms. The molecule has 0 spiro atoms. The van der Waals surface area contributed by atoms with Crippen LogP contribution in [-0.4, -0.2) is 4.57 Å². The van der Waals surface area contributed by atoms with E-state index in [0.717, 1.165) is 0 Å².